The van der Waals surface area contributed by atoms with Gasteiger partial charge in [-0.3, -0.25) is 0 Å². The average molecular weight is 288 g/mol. The van der Waals surface area contributed by atoms with Crippen LogP contribution < -0.4 is 0 Å². The Kier molecular flexibility index (Phi) is 4.00. The molecule has 1 unspecified atom stereocenters. The van der Waals surface area contributed by atoms with E-state index in [2.05, 4.69) is 19.9 Å². The second kappa shape index (κ2) is 5.64. The van der Waals surface area contributed by atoms with Crippen LogP contribution in [0.5, 0.6) is 5.75 Å². The molecule has 2 N–H and O–H groups in total. The Morgan fingerprint density at radius 3 is 2.90 bits per heavy atom. The minimum Gasteiger partial charge on any atom is -0.508 e. The molecule has 2 heteroatoms. The third-order valence-electron chi connectivity index (χ3n) is 6.00. The molecule has 0 aromatic heterocycles. The summed E-state index contributed by atoms with van der Waals surface area (Å²) in [7, 11) is 0. The number of hydrogen-bond donors (Lipinski definition) is 2. The standard InChI is InChI=1S/C19H28O2/c1-3-4-18(21)19(2)10-9-17-14(12-19)6-5-13-11-15(20)7-8-16(13)17/h7-8,11,14,17-18,20-21H,3-6,9-10,12H2,1-2H3/t14-,17?,18-,19-/m0/s1. The average Bonchev–Trinajstić information content (AvgIpc) is 2.47. The number of phenols is 1. The van der Waals surface area contributed by atoms with Crippen molar-refractivity contribution in [2.45, 2.75) is 70.8 Å². The first kappa shape index (κ1) is 14.9. The molecule has 0 heterocycles. The van der Waals surface area contributed by atoms with Crippen LogP contribution in [0.3, 0.4) is 0 Å². The molecule has 0 radical (unpaired) electrons. The van der Waals surface area contributed by atoms with Crippen molar-refractivity contribution in [3.63, 3.8) is 0 Å². The molecule has 0 aliphatic heterocycles. The normalized spacial score (nSPS) is 33.1. The van der Waals surface area contributed by atoms with E-state index in [9.17, 15) is 10.2 Å². The zero-order valence-corrected chi connectivity index (χ0v) is 13.3. The van der Waals surface area contributed by atoms with Crippen molar-refractivity contribution in [2.75, 3.05) is 0 Å². The minimum atomic E-state index is -0.148. The smallest absolute Gasteiger partial charge is 0.115 e. The summed E-state index contributed by atoms with van der Waals surface area (Å²) in [6, 6.07) is 5.92. The van der Waals surface area contributed by atoms with Crippen LogP contribution >= 0.6 is 0 Å². The molecule has 116 valence electrons. The lowest BCUT2D eigenvalue weighted by Crippen LogP contribution is -2.41. The molecule has 1 fully saturated rings. The molecule has 3 rings (SSSR count). The van der Waals surface area contributed by atoms with Crippen molar-refractivity contribution in [1.82, 2.24) is 0 Å². The van der Waals surface area contributed by atoms with E-state index in [1.807, 2.05) is 12.1 Å². The molecule has 21 heavy (non-hydrogen) atoms. The molecule has 0 bridgehead atoms. The fraction of sp³-hybridized carbons (Fsp3) is 0.684. The maximum absolute atomic E-state index is 10.5. The van der Waals surface area contributed by atoms with E-state index in [0.29, 0.717) is 17.6 Å². The summed E-state index contributed by atoms with van der Waals surface area (Å²) in [5.41, 5.74) is 2.90. The maximum Gasteiger partial charge on any atom is 0.115 e. The summed E-state index contributed by atoms with van der Waals surface area (Å²) in [4.78, 5) is 0. The summed E-state index contributed by atoms with van der Waals surface area (Å²) in [5, 5.41) is 20.2. The summed E-state index contributed by atoms with van der Waals surface area (Å²) < 4.78 is 0. The topological polar surface area (TPSA) is 40.5 Å². The zero-order chi connectivity index (χ0) is 15.0. The highest BCUT2D eigenvalue weighted by atomic mass is 16.3. The zero-order valence-electron chi connectivity index (χ0n) is 13.3. The molecule has 1 saturated carbocycles. The van der Waals surface area contributed by atoms with Gasteiger partial charge >= 0.3 is 0 Å². The van der Waals surface area contributed by atoms with Crippen molar-refractivity contribution in [3.8, 4) is 5.75 Å². The first-order chi connectivity index (χ1) is 10.0. The van der Waals surface area contributed by atoms with Crippen LogP contribution in [0.15, 0.2) is 18.2 Å². The van der Waals surface area contributed by atoms with Gasteiger partial charge in [0.05, 0.1) is 6.10 Å². The Labute approximate surface area is 128 Å². The van der Waals surface area contributed by atoms with Gasteiger partial charge in [0.1, 0.15) is 5.75 Å². The first-order valence-electron chi connectivity index (χ1n) is 8.53. The Morgan fingerprint density at radius 2 is 2.14 bits per heavy atom. The number of aromatic hydroxyl groups is 1. The maximum atomic E-state index is 10.5. The van der Waals surface area contributed by atoms with Crippen LogP contribution in [0.1, 0.15) is 69.4 Å². The molecule has 2 aliphatic rings. The summed E-state index contributed by atoms with van der Waals surface area (Å²) in [6.07, 6.45) is 7.57. The summed E-state index contributed by atoms with van der Waals surface area (Å²) in [6.45, 7) is 4.44. The molecule has 2 nitrogen and oxygen atoms in total. The highest BCUT2D eigenvalue weighted by molar-refractivity contribution is 5.39. The van der Waals surface area contributed by atoms with Crippen molar-refractivity contribution in [1.29, 1.82) is 0 Å². The Balaban J connectivity index is 1.80. The second-order valence-electron chi connectivity index (χ2n) is 7.49. The Hall–Kier alpha value is -1.02. The second-order valence-corrected chi connectivity index (χ2v) is 7.49. The van der Waals surface area contributed by atoms with Gasteiger partial charge in [0.2, 0.25) is 0 Å². The fourth-order valence-electron chi connectivity index (χ4n) is 4.71. The van der Waals surface area contributed by atoms with E-state index in [1.54, 1.807) is 0 Å². The van der Waals surface area contributed by atoms with E-state index in [0.717, 1.165) is 32.1 Å². The molecular weight excluding hydrogens is 260 g/mol. The molecule has 0 amide bonds. The van der Waals surface area contributed by atoms with Crippen LogP contribution in [0, 0.1) is 11.3 Å². The molecule has 0 spiro atoms. The highest BCUT2D eigenvalue weighted by Crippen LogP contribution is 2.53. The monoisotopic (exact) mass is 288 g/mol. The van der Waals surface area contributed by atoms with Crippen LogP contribution in [0.4, 0.5) is 0 Å². The predicted octanol–water partition coefficient (Wildman–Crippen LogP) is 4.39. The van der Waals surface area contributed by atoms with E-state index >= 15 is 0 Å². The summed E-state index contributed by atoms with van der Waals surface area (Å²) in [5.74, 6) is 1.73. The van der Waals surface area contributed by atoms with E-state index in [1.165, 1.54) is 24.0 Å². The molecule has 0 saturated heterocycles. The molecule has 2 aliphatic carbocycles. The number of aryl methyl sites for hydroxylation is 1. The quantitative estimate of drug-likeness (QED) is 0.866. The van der Waals surface area contributed by atoms with Crippen molar-refractivity contribution in [3.05, 3.63) is 29.3 Å². The van der Waals surface area contributed by atoms with E-state index < -0.39 is 0 Å². The first-order valence-corrected chi connectivity index (χ1v) is 8.53. The highest BCUT2D eigenvalue weighted by Gasteiger charge is 2.43. The van der Waals surface area contributed by atoms with Gasteiger partial charge < -0.3 is 10.2 Å². The minimum absolute atomic E-state index is 0.103. The Morgan fingerprint density at radius 1 is 1.33 bits per heavy atom. The number of fused-ring (bicyclic) bond motifs is 3. The van der Waals surface area contributed by atoms with Crippen molar-refractivity contribution >= 4 is 0 Å². The van der Waals surface area contributed by atoms with Crippen LogP contribution in [-0.4, -0.2) is 16.3 Å². The number of hydrogen-bond acceptors (Lipinski definition) is 2. The van der Waals surface area contributed by atoms with Gasteiger partial charge in [-0.1, -0.05) is 26.3 Å². The van der Waals surface area contributed by atoms with Gasteiger partial charge in [-0.25, -0.2) is 0 Å². The SMILES string of the molecule is CCC[C@H](O)[C@@]1(C)CCC2c3ccc(O)cc3CC[C@H]2C1. The fourth-order valence-corrected chi connectivity index (χ4v) is 4.71. The number of aliphatic hydroxyl groups is 1. The van der Waals surface area contributed by atoms with Crippen LogP contribution in [-0.2, 0) is 6.42 Å². The van der Waals surface area contributed by atoms with Crippen molar-refractivity contribution in [2.24, 2.45) is 11.3 Å². The number of aliphatic hydroxyl groups excluding tert-OH is 1. The molecule has 1 aromatic rings. The lowest BCUT2D eigenvalue weighted by atomic mass is 9.58. The van der Waals surface area contributed by atoms with Gasteiger partial charge in [0.25, 0.3) is 0 Å². The third-order valence-corrected chi connectivity index (χ3v) is 6.00. The van der Waals surface area contributed by atoms with Crippen LogP contribution in [0.2, 0.25) is 0 Å². The molecule has 4 atom stereocenters. The van der Waals surface area contributed by atoms with Gasteiger partial charge in [-0.2, -0.15) is 0 Å². The van der Waals surface area contributed by atoms with Gasteiger partial charge in [0, 0.05) is 0 Å². The van der Waals surface area contributed by atoms with Gasteiger partial charge in [0.15, 0.2) is 0 Å². The largest absolute Gasteiger partial charge is 0.508 e. The lowest BCUT2D eigenvalue weighted by molar-refractivity contribution is -0.0204. The van der Waals surface area contributed by atoms with E-state index in [4.69, 9.17) is 0 Å². The van der Waals surface area contributed by atoms with E-state index in [-0.39, 0.29) is 11.5 Å². The number of phenolic OH excluding ortho intramolecular Hbond substituents is 1. The van der Waals surface area contributed by atoms with Gasteiger partial charge in [-0.15, -0.1) is 0 Å². The van der Waals surface area contributed by atoms with Crippen molar-refractivity contribution < 1.29 is 10.2 Å². The van der Waals surface area contributed by atoms with Gasteiger partial charge in [-0.05, 0) is 79.0 Å². The number of rotatable bonds is 3. The third kappa shape index (κ3) is 2.70. The summed E-state index contributed by atoms with van der Waals surface area (Å²) >= 11 is 0. The number of benzene rings is 1. The molecule has 1 aromatic carbocycles. The Bertz CT molecular complexity index is 510. The van der Waals surface area contributed by atoms with Crippen LogP contribution in [0.25, 0.3) is 0 Å². The molecular formula is C19H28O2. The lowest BCUT2D eigenvalue weighted by Gasteiger charge is -2.47. The predicted molar refractivity (Wildman–Crippen MR) is 85.5 cm³/mol.